The number of ether oxygens (including phenoxy) is 1. The van der Waals surface area contributed by atoms with Crippen LogP contribution in [0, 0.1) is 0 Å². The van der Waals surface area contributed by atoms with E-state index < -0.39 is 0 Å². The van der Waals surface area contributed by atoms with Crippen molar-refractivity contribution in [2.24, 2.45) is 0 Å². The average Bonchev–Trinajstić information content (AvgIpc) is 2.27. The third-order valence-corrected chi connectivity index (χ3v) is 2.20. The van der Waals surface area contributed by atoms with Gasteiger partial charge in [-0.25, -0.2) is 0 Å². The Bertz CT molecular complexity index is 303. The summed E-state index contributed by atoms with van der Waals surface area (Å²) in [7, 11) is 1.77. The Morgan fingerprint density at radius 1 is 1.38 bits per heavy atom. The molecule has 0 heterocycles. The zero-order valence-electron chi connectivity index (χ0n) is 9.60. The summed E-state index contributed by atoms with van der Waals surface area (Å²) >= 11 is 0. The number of hydrogen-bond donors (Lipinski definition) is 1. The standard InChI is InChI=1S/C12H17NO2.ClH/c1-3-15-12(14)11(13-2)9-10-7-5-4-6-8-10;/h4-8,11,13H,3,9H2,1-2H3;1H. The molecule has 3 nitrogen and oxygen atoms in total. The second kappa shape index (κ2) is 8.13. The maximum absolute atomic E-state index is 11.5. The van der Waals surface area contributed by atoms with Gasteiger partial charge in [0.05, 0.1) is 6.61 Å². The zero-order chi connectivity index (χ0) is 11.1. The van der Waals surface area contributed by atoms with E-state index in [4.69, 9.17) is 4.74 Å². The van der Waals surface area contributed by atoms with Gasteiger partial charge in [-0.2, -0.15) is 0 Å². The molecule has 0 amide bonds. The minimum atomic E-state index is -0.257. The summed E-state index contributed by atoms with van der Waals surface area (Å²) in [6.45, 7) is 2.24. The molecule has 0 aromatic heterocycles. The van der Waals surface area contributed by atoms with Crippen LogP contribution in [-0.4, -0.2) is 25.7 Å². The Morgan fingerprint density at radius 3 is 2.50 bits per heavy atom. The van der Waals surface area contributed by atoms with Crippen LogP contribution >= 0.6 is 12.4 Å². The third-order valence-electron chi connectivity index (χ3n) is 2.20. The molecular formula is C12H18ClNO2. The number of halogens is 1. The van der Waals surface area contributed by atoms with E-state index in [-0.39, 0.29) is 24.4 Å². The van der Waals surface area contributed by atoms with Gasteiger partial charge in [-0.1, -0.05) is 30.3 Å². The van der Waals surface area contributed by atoms with Crippen LogP contribution in [0.5, 0.6) is 0 Å². The zero-order valence-corrected chi connectivity index (χ0v) is 10.4. The average molecular weight is 244 g/mol. The number of carbonyl (C=O) groups excluding carboxylic acids is 1. The van der Waals surface area contributed by atoms with Gasteiger partial charge in [-0.05, 0) is 26.0 Å². The fourth-order valence-corrected chi connectivity index (χ4v) is 1.40. The Morgan fingerprint density at radius 2 is 2.00 bits per heavy atom. The maximum Gasteiger partial charge on any atom is 0.323 e. The molecule has 1 N–H and O–H groups in total. The summed E-state index contributed by atoms with van der Waals surface area (Å²) in [6, 6.07) is 9.64. The molecule has 0 aliphatic heterocycles. The van der Waals surface area contributed by atoms with E-state index in [1.54, 1.807) is 7.05 Å². The second-order valence-corrected chi connectivity index (χ2v) is 3.28. The summed E-state index contributed by atoms with van der Waals surface area (Å²) in [4.78, 5) is 11.5. The first-order valence-corrected chi connectivity index (χ1v) is 5.15. The van der Waals surface area contributed by atoms with Gasteiger partial charge in [0.2, 0.25) is 0 Å². The second-order valence-electron chi connectivity index (χ2n) is 3.28. The van der Waals surface area contributed by atoms with Crippen molar-refractivity contribution in [3.63, 3.8) is 0 Å². The van der Waals surface area contributed by atoms with Crippen LogP contribution in [0.15, 0.2) is 30.3 Å². The molecule has 1 rings (SSSR count). The summed E-state index contributed by atoms with van der Waals surface area (Å²) in [5, 5.41) is 2.96. The molecular weight excluding hydrogens is 226 g/mol. The molecule has 0 saturated carbocycles. The molecule has 0 aliphatic carbocycles. The van der Waals surface area contributed by atoms with Crippen LogP contribution in [0.1, 0.15) is 12.5 Å². The van der Waals surface area contributed by atoms with Gasteiger partial charge >= 0.3 is 5.97 Å². The van der Waals surface area contributed by atoms with Crippen LogP contribution < -0.4 is 5.32 Å². The lowest BCUT2D eigenvalue weighted by Crippen LogP contribution is -2.37. The fraction of sp³-hybridized carbons (Fsp3) is 0.417. The van der Waals surface area contributed by atoms with Crippen molar-refractivity contribution in [1.82, 2.24) is 5.32 Å². The van der Waals surface area contributed by atoms with E-state index in [1.807, 2.05) is 37.3 Å². The molecule has 0 radical (unpaired) electrons. The maximum atomic E-state index is 11.5. The van der Waals surface area contributed by atoms with Gasteiger partial charge in [0, 0.05) is 0 Å². The lowest BCUT2D eigenvalue weighted by molar-refractivity contribution is -0.145. The van der Waals surface area contributed by atoms with Gasteiger partial charge in [-0.15, -0.1) is 12.4 Å². The number of rotatable bonds is 5. The summed E-state index contributed by atoms with van der Waals surface area (Å²) in [5.41, 5.74) is 1.13. The van der Waals surface area contributed by atoms with Crippen molar-refractivity contribution in [2.45, 2.75) is 19.4 Å². The van der Waals surface area contributed by atoms with Crippen molar-refractivity contribution >= 4 is 18.4 Å². The first-order valence-electron chi connectivity index (χ1n) is 5.15. The van der Waals surface area contributed by atoms with Gasteiger partial charge in [-0.3, -0.25) is 4.79 Å². The summed E-state index contributed by atoms with van der Waals surface area (Å²) < 4.78 is 4.97. The van der Waals surface area contributed by atoms with Crippen molar-refractivity contribution in [3.8, 4) is 0 Å². The van der Waals surface area contributed by atoms with E-state index in [0.717, 1.165) is 5.56 Å². The van der Waals surface area contributed by atoms with Gasteiger partial charge < -0.3 is 10.1 Å². The SMILES string of the molecule is CCOC(=O)C(Cc1ccccc1)NC.Cl. The molecule has 1 atom stereocenters. The van der Waals surface area contributed by atoms with E-state index in [2.05, 4.69) is 5.32 Å². The highest BCUT2D eigenvalue weighted by Gasteiger charge is 2.17. The van der Waals surface area contributed by atoms with Crippen LogP contribution in [-0.2, 0) is 16.0 Å². The van der Waals surface area contributed by atoms with Gasteiger partial charge in [0.15, 0.2) is 0 Å². The predicted octanol–water partition coefficient (Wildman–Crippen LogP) is 1.80. The van der Waals surface area contributed by atoms with Gasteiger partial charge in [0.25, 0.3) is 0 Å². The topological polar surface area (TPSA) is 38.3 Å². The molecule has 1 unspecified atom stereocenters. The molecule has 0 spiro atoms. The number of benzene rings is 1. The third kappa shape index (κ3) is 4.64. The number of esters is 1. The van der Waals surface area contributed by atoms with Crippen LogP contribution in [0.2, 0.25) is 0 Å². The molecule has 0 bridgehead atoms. The molecule has 0 saturated heterocycles. The van der Waals surface area contributed by atoms with E-state index in [0.29, 0.717) is 13.0 Å². The fourth-order valence-electron chi connectivity index (χ4n) is 1.40. The minimum absolute atomic E-state index is 0. The smallest absolute Gasteiger partial charge is 0.323 e. The highest BCUT2D eigenvalue weighted by molar-refractivity contribution is 5.85. The highest BCUT2D eigenvalue weighted by atomic mass is 35.5. The summed E-state index contributed by atoms with van der Waals surface area (Å²) in [5.74, 6) is -0.191. The van der Waals surface area contributed by atoms with Gasteiger partial charge in [0.1, 0.15) is 6.04 Å². The molecule has 0 fully saturated rings. The molecule has 1 aromatic rings. The number of hydrogen-bond acceptors (Lipinski definition) is 3. The molecule has 90 valence electrons. The Labute approximate surface area is 103 Å². The van der Waals surface area contributed by atoms with Crippen molar-refractivity contribution in [1.29, 1.82) is 0 Å². The molecule has 0 aliphatic rings. The first kappa shape index (κ1) is 14.9. The van der Waals surface area contributed by atoms with Crippen LogP contribution in [0.3, 0.4) is 0 Å². The lowest BCUT2D eigenvalue weighted by atomic mass is 10.1. The largest absolute Gasteiger partial charge is 0.465 e. The van der Waals surface area contributed by atoms with E-state index in [9.17, 15) is 4.79 Å². The van der Waals surface area contributed by atoms with Crippen molar-refractivity contribution in [3.05, 3.63) is 35.9 Å². The lowest BCUT2D eigenvalue weighted by Gasteiger charge is -2.14. The summed E-state index contributed by atoms with van der Waals surface area (Å²) in [6.07, 6.45) is 0.663. The van der Waals surface area contributed by atoms with Crippen molar-refractivity contribution in [2.75, 3.05) is 13.7 Å². The number of carbonyl (C=O) groups is 1. The normalized spacial score (nSPS) is 11.4. The Hall–Kier alpha value is -1.06. The molecule has 16 heavy (non-hydrogen) atoms. The van der Waals surface area contributed by atoms with Crippen LogP contribution in [0.4, 0.5) is 0 Å². The van der Waals surface area contributed by atoms with E-state index in [1.165, 1.54) is 0 Å². The number of nitrogens with one attached hydrogen (secondary N) is 1. The quantitative estimate of drug-likeness (QED) is 0.802. The highest BCUT2D eigenvalue weighted by Crippen LogP contribution is 2.04. The molecule has 1 aromatic carbocycles. The Kier molecular flexibility index (Phi) is 7.60. The minimum Gasteiger partial charge on any atom is -0.465 e. The van der Waals surface area contributed by atoms with Crippen LogP contribution in [0.25, 0.3) is 0 Å². The molecule has 4 heteroatoms. The number of likely N-dealkylation sites (N-methyl/N-ethyl adjacent to an activating group) is 1. The predicted molar refractivity (Wildman–Crippen MR) is 66.9 cm³/mol. The van der Waals surface area contributed by atoms with E-state index >= 15 is 0 Å². The van der Waals surface area contributed by atoms with Crippen molar-refractivity contribution < 1.29 is 9.53 Å². The Balaban J connectivity index is 0.00000225. The first-order chi connectivity index (χ1) is 7.27. The monoisotopic (exact) mass is 243 g/mol.